The van der Waals surface area contributed by atoms with Gasteiger partial charge < -0.3 is 5.11 Å². The van der Waals surface area contributed by atoms with E-state index in [-0.39, 0.29) is 29.6 Å². The average Bonchev–Trinajstić information content (AvgIpc) is 1.35. The van der Waals surface area contributed by atoms with Crippen LogP contribution in [-0.4, -0.2) is 12.8 Å². The molecule has 1 nitrogen and oxygen atoms in total. The van der Waals surface area contributed by atoms with Crippen LogP contribution in [0.15, 0.2) is 0 Å². The molecule has 0 heterocycles. The van der Waals surface area contributed by atoms with Crippen molar-refractivity contribution in [2.45, 2.75) is 6.11 Å². The van der Waals surface area contributed by atoms with Crippen LogP contribution in [0.3, 0.4) is 0 Å². The van der Waals surface area contributed by atoms with E-state index in [1.807, 2.05) is 0 Å². The average molecular weight is 122 g/mol. The molecule has 5 heteroatoms. The van der Waals surface area contributed by atoms with Gasteiger partial charge in [0.1, 0.15) is 6.67 Å². The van der Waals surface area contributed by atoms with Gasteiger partial charge in [-0.05, 0) is 0 Å². The summed E-state index contributed by atoms with van der Waals surface area (Å²) >= 11 is 0. The summed E-state index contributed by atoms with van der Waals surface area (Å²) in [5, 5.41) is 8.76. The molecule has 0 aliphatic carbocycles. The molecule has 0 aromatic carbocycles. The van der Waals surface area contributed by atoms with Crippen molar-refractivity contribution in [1.82, 2.24) is 0 Å². The smallest absolute Gasteiger partial charge is 0.796 e. The molecular formula is C2H2F3NaO. The first-order chi connectivity index (χ1) is 2.56. The van der Waals surface area contributed by atoms with E-state index in [2.05, 4.69) is 0 Å². The van der Waals surface area contributed by atoms with Crippen LogP contribution in [0.2, 0.25) is 0 Å². The summed E-state index contributed by atoms with van der Waals surface area (Å²) in [5.74, 6) is 0. The van der Waals surface area contributed by atoms with Gasteiger partial charge in [0, 0.05) is 0 Å². The molecule has 0 N–H and O–H groups in total. The zero-order chi connectivity index (χ0) is 5.21. The number of halogens is 3. The summed E-state index contributed by atoms with van der Waals surface area (Å²) in [6, 6.07) is 0. The van der Waals surface area contributed by atoms with Gasteiger partial charge in [-0.15, -0.1) is 0 Å². The Balaban J connectivity index is 0. The Morgan fingerprint density at radius 1 is 1.43 bits per heavy atom. The first kappa shape index (κ1) is 10.7. The van der Waals surface area contributed by atoms with E-state index in [1.54, 1.807) is 0 Å². The molecule has 0 unspecified atom stereocenters. The van der Waals surface area contributed by atoms with Crippen molar-refractivity contribution >= 4 is 0 Å². The first-order valence-corrected chi connectivity index (χ1v) is 1.20. The minimum absolute atomic E-state index is 0. The van der Waals surface area contributed by atoms with E-state index < -0.39 is 12.8 Å². The number of alkyl halides is 3. The molecule has 0 bridgehead atoms. The van der Waals surface area contributed by atoms with Gasteiger partial charge in [-0.1, -0.05) is 0 Å². The number of rotatable bonds is 1. The Morgan fingerprint density at radius 2 is 1.57 bits per heavy atom. The van der Waals surface area contributed by atoms with Crippen molar-refractivity contribution in [3.8, 4) is 0 Å². The van der Waals surface area contributed by atoms with Crippen molar-refractivity contribution in [3.05, 3.63) is 0 Å². The van der Waals surface area contributed by atoms with Crippen LogP contribution in [0.25, 0.3) is 0 Å². The van der Waals surface area contributed by atoms with Gasteiger partial charge in [0.2, 0.25) is 6.11 Å². The summed E-state index contributed by atoms with van der Waals surface area (Å²) in [6.07, 6.45) is -4.38. The Bertz CT molecular complexity index is 42.7. The van der Waals surface area contributed by atoms with E-state index in [9.17, 15) is 13.2 Å². The van der Waals surface area contributed by atoms with Gasteiger partial charge in [-0.3, -0.25) is 0 Å². The number of hydrogen-bond donors (Lipinski definition) is 0. The molecule has 7 heavy (non-hydrogen) atoms. The van der Waals surface area contributed by atoms with Crippen LogP contribution in [-0.2, 0) is 0 Å². The van der Waals surface area contributed by atoms with E-state index in [4.69, 9.17) is 5.11 Å². The standard InChI is InChI=1S/C2H2F3O.Na/c3-1-2(4,5)6;/h1H2;/q-1;+1. The van der Waals surface area contributed by atoms with Crippen LogP contribution in [0.1, 0.15) is 0 Å². The fourth-order valence-electron chi connectivity index (χ4n) is 0. The quantitative estimate of drug-likeness (QED) is 0.338. The maximum atomic E-state index is 10.5. The monoisotopic (exact) mass is 122 g/mol. The van der Waals surface area contributed by atoms with Crippen molar-refractivity contribution < 1.29 is 47.8 Å². The van der Waals surface area contributed by atoms with Gasteiger partial charge in [0.15, 0.2) is 0 Å². The zero-order valence-electron chi connectivity index (χ0n) is 3.75. The van der Waals surface area contributed by atoms with E-state index in [1.165, 1.54) is 0 Å². The Kier molecular flexibility index (Phi) is 5.67. The fraction of sp³-hybridized carbons (Fsp3) is 1.00. The topological polar surface area (TPSA) is 23.1 Å². The molecule has 0 aromatic rings. The molecule has 0 atom stereocenters. The maximum absolute atomic E-state index is 10.5. The van der Waals surface area contributed by atoms with Gasteiger partial charge >= 0.3 is 29.6 Å². The van der Waals surface area contributed by atoms with Crippen LogP contribution in [0, 0.1) is 0 Å². The first-order valence-electron chi connectivity index (χ1n) is 1.20. The molecule has 0 aliphatic rings. The van der Waals surface area contributed by atoms with Gasteiger partial charge in [0.25, 0.3) is 0 Å². The molecule has 0 saturated carbocycles. The Morgan fingerprint density at radius 3 is 1.57 bits per heavy atom. The zero-order valence-corrected chi connectivity index (χ0v) is 5.75. The predicted molar refractivity (Wildman–Crippen MR) is 10.9 cm³/mol. The third kappa shape index (κ3) is 10.8. The largest absolute Gasteiger partial charge is 1.00 e. The maximum Gasteiger partial charge on any atom is 1.00 e. The summed E-state index contributed by atoms with van der Waals surface area (Å²) < 4.78 is 31.5. The molecule has 0 aliphatic heterocycles. The second-order valence-electron chi connectivity index (χ2n) is 0.771. The molecule has 0 radical (unpaired) electrons. The normalized spacial score (nSPS) is 10.3. The van der Waals surface area contributed by atoms with Crippen molar-refractivity contribution in [2.24, 2.45) is 0 Å². The molecule has 0 spiro atoms. The van der Waals surface area contributed by atoms with Crippen molar-refractivity contribution in [3.63, 3.8) is 0 Å². The molecule has 38 valence electrons. The summed E-state index contributed by atoms with van der Waals surface area (Å²) in [5.41, 5.74) is 0. The predicted octanol–water partition coefficient (Wildman–Crippen LogP) is -3.09. The Hall–Kier alpha value is 0.750. The summed E-state index contributed by atoms with van der Waals surface area (Å²) in [6.45, 7) is -2.12. The Labute approximate surface area is 60.8 Å². The molecule has 0 saturated heterocycles. The SMILES string of the molecule is [Na+].[O-]C(F)(F)CF. The molecule has 0 amide bonds. The third-order valence-electron chi connectivity index (χ3n) is 0.156. The summed E-state index contributed by atoms with van der Waals surface area (Å²) in [7, 11) is 0. The van der Waals surface area contributed by atoms with Crippen molar-refractivity contribution in [2.75, 3.05) is 6.67 Å². The second-order valence-corrected chi connectivity index (χ2v) is 0.771. The fourth-order valence-corrected chi connectivity index (χ4v) is 0. The van der Waals surface area contributed by atoms with Crippen LogP contribution in [0.4, 0.5) is 13.2 Å². The van der Waals surface area contributed by atoms with Crippen LogP contribution in [0.5, 0.6) is 0 Å². The van der Waals surface area contributed by atoms with Gasteiger partial charge in [-0.2, -0.15) is 0 Å². The van der Waals surface area contributed by atoms with E-state index in [0.29, 0.717) is 0 Å². The molecule has 0 fully saturated rings. The number of hydrogen-bond acceptors (Lipinski definition) is 1. The molecule has 0 rings (SSSR count). The van der Waals surface area contributed by atoms with Crippen LogP contribution < -0.4 is 34.7 Å². The van der Waals surface area contributed by atoms with Crippen LogP contribution >= 0.6 is 0 Å². The molecule has 0 aromatic heterocycles. The minimum Gasteiger partial charge on any atom is -0.796 e. The van der Waals surface area contributed by atoms with Crippen molar-refractivity contribution in [1.29, 1.82) is 0 Å². The van der Waals surface area contributed by atoms with E-state index in [0.717, 1.165) is 0 Å². The summed E-state index contributed by atoms with van der Waals surface area (Å²) in [4.78, 5) is 0. The second kappa shape index (κ2) is 3.72. The van der Waals surface area contributed by atoms with E-state index >= 15 is 0 Å². The third-order valence-corrected chi connectivity index (χ3v) is 0.156. The minimum atomic E-state index is -4.38. The van der Waals surface area contributed by atoms with Gasteiger partial charge in [0.05, 0.1) is 0 Å². The molecular weight excluding hydrogens is 120 g/mol. The van der Waals surface area contributed by atoms with Gasteiger partial charge in [-0.25, -0.2) is 13.2 Å².